The van der Waals surface area contributed by atoms with Crippen molar-refractivity contribution in [3.63, 3.8) is 0 Å². The number of hydrogen-bond acceptors (Lipinski definition) is 6. The van der Waals surface area contributed by atoms with Crippen LogP contribution in [0.25, 0.3) is 6.08 Å². The van der Waals surface area contributed by atoms with Gasteiger partial charge in [0.05, 0.1) is 23.5 Å². The van der Waals surface area contributed by atoms with E-state index in [4.69, 9.17) is 16.3 Å². The number of imide groups is 1. The molecule has 1 heterocycles. The number of halogens is 2. The summed E-state index contributed by atoms with van der Waals surface area (Å²) in [6.45, 7) is -0.118. The average molecular weight is 423 g/mol. The number of benzene rings is 2. The molecule has 3 rings (SSSR count). The Labute approximate surface area is 167 Å². The zero-order chi connectivity index (χ0) is 20.4. The number of para-hydroxylation sites is 1. The van der Waals surface area contributed by atoms with E-state index in [9.17, 15) is 24.1 Å². The first-order valence-corrected chi connectivity index (χ1v) is 9.02. The predicted molar refractivity (Wildman–Crippen MR) is 103 cm³/mol. The van der Waals surface area contributed by atoms with Gasteiger partial charge in [0, 0.05) is 16.7 Å². The van der Waals surface area contributed by atoms with Gasteiger partial charge < -0.3 is 4.74 Å². The van der Waals surface area contributed by atoms with Crippen LogP contribution >= 0.6 is 23.4 Å². The molecule has 0 atom stereocenters. The number of carbonyl (C=O) groups is 2. The van der Waals surface area contributed by atoms with Crippen molar-refractivity contribution >= 4 is 46.3 Å². The SMILES string of the molecule is COc1c(/C=C2\SC(=O)N(Cc3ccc(F)cc3Cl)C2=O)cccc1[N+](=O)[O-]. The number of nitro benzene ring substituents is 1. The van der Waals surface area contributed by atoms with Crippen LogP contribution < -0.4 is 4.74 Å². The van der Waals surface area contributed by atoms with Gasteiger partial charge in [-0.2, -0.15) is 0 Å². The van der Waals surface area contributed by atoms with Crippen molar-refractivity contribution in [2.75, 3.05) is 7.11 Å². The third kappa shape index (κ3) is 3.85. The van der Waals surface area contributed by atoms with E-state index >= 15 is 0 Å². The maximum absolute atomic E-state index is 13.2. The lowest BCUT2D eigenvalue weighted by Gasteiger charge is -2.13. The number of rotatable bonds is 5. The fourth-order valence-electron chi connectivity index (χ4n) is 2.62. The molecule has 2 aromatic rings. The lowest BCUT2D eigenvalue weighted by molar-refractivity contribution is -0.385. The Morgan fingerprint density at radius 2 is 2.07 bits per heavy atom. The van der Waals surface area contributed by atoms with Crippen LogP contribution in [0.4, 0.5) is 14.9 Å². The van der Waals surface area contributed by atoms with E-state index in [1.165, 1.54) is 43.5 Å². The second kappa shape index (κ2) is 7.99. The summed E-state index contributed by atoms with van der Waals surface area (Å²) in [4.78, 5) is 36.5. The third-order valence-electron chi connectivity index (χ3n) is 3.93. The normalized spacial score (nSPS) is 15.4. The van der Waals surface area contributed by atoms with Gasteiger partial charge >= 0.3 is 5.69 Å². The zero-order valence-electron chi connectivity index (χ0n) is 14.3. The summed E-state index contributed by atoms with van der Waals surface area (Å²) in [5.41, 5.74) is 0.454. The van der Waals surface area contributed by atoms with Gasteiger partial charge in [-0.05, 0) is 35.5 Å². The highest BCUT2D eigenvalue weighted by molar-refractivity contribution is 8.18. The molecule has 0 aromatic heterocycles. The van der Waals surface area contributed by atoms with Crippen LogP contribution in [0.15, 0.2) is 41.3 Å². The highest BCUT2D eigenvalue weighted by Crippen LogP contribution is 2.38. The monoisotopic (exact) mass is 422 g/mol. The quantitative estimate of drug-likeness (QED) is 0.396. The van der Waals surface area contributed by atoms with Crippen molar-refractivity contribution < 1.29 is 23.6 Å². The first kappa shape index (κ1) is 19.8. The summed E-state index contributed by atoms with van der Waals surface area (Å²) in [5, 5.41) is 10.7. The molecule has 2 amide bonds. The van der Waals surface area contributed by atoms with Gasteiger partial charge in [0.25, 0.3) is 11.1 Å². The molecule has 1 saturated heterocycles. The summed E-state index contributed by atoms with van der Waals surface area (Å²) < 4.78 is 18.3. The molecule has 1 aliphatic heterocycles. The van der Waals surface area contributed by atoms with Gasteiger partial charge in [0.15, 0.2) is 0 Å². The fourth-order valence-corrected chi connectivity index (χ4v) is 3.68. The minimum Gasteiger partial charge on any atom is -0.490 e. The average Bonchev–Trinajstić information content (AvgIpc) is 2.90. The Kier molecular flexibility index (Phi) is 5.66. The number of thioether (sulfide) groups is 1. The molecule has 0 N–H and O–H groups in total. The number of ether oxygens (including phenoxy) is 1. The first-order chi connectivity index (χ1) is 13.3. The lowest BCUT2D eigenvalue weighted by atomic mass is 10.1. The number of amides is 2. The van der Waals surface area contributed by atoms with Gasteiger partial charge in [-0.1, -0.05) is 29.8 Å². The van der Waals surface area contributed by atoms with Crippen LogP contribution in [-0.4, -0.2) is 28.1 Å². The molecule has 0 radical (unpaired) electrons. The number of carbonyl (C=O) groups excluding carboxylic acids is 2. The zero-order valence-corrected chi connectivity index (χ0v) is 15.9. The molecule has 7 nitrogen and oxygen atoms in total. The van der Waals surface area contributed by atoms with Gasteiger partial charge in [-0.25, -0.2) is 4.39 Å². The topological polar surface area (TPSA) is 89.8 Å². The molecule has 2 aromatic carbocycles. The van der Waals surface area contributed by atoms with Gasteiger partial charge in [0.2, 0.25) is 5.75 Å². The van der Waals surface area contributed by atoms with Crippen LogP contribution in [0.3, 0.4) is 0 Å². The van der Waals surface area contributed by atoms with Crippen LogP contribution in [0, 0.1) is 15.9 Å². The minimum atomic E-state index is -0.599. The van der Waals surface area contributed by atoms with Crippen LogP contribution in [-0.2, 0) is 11.3 Å². The van der Waals surface area contributed by atoms with Crippen LogP contribution in [0.2, 0.25) is 5.02 Å². The molecule has 0 spiro atoms. The Hall–Kier alpha value is -2.91. The smallest absolute Gasteiger partial charge is 0.311 e. The number of nitrogens with zero attached hydrogens (tertiary/aromatic N) is 2. The third-order valence-corrected chi connectivity index (χ3v) is 5.19. The Morgan fingerprint density at radius 3 is 2.71 bits per heavy atom. The number of nitro groups is 1. The van der Waals surface area contributed by atoms with Crippen molar-refractivity contribution in [2.24, 2.45) is 0 Å². The fraction of sp³-hybridized carbons (Fsp3) is 0.111. The summed E-state index contributed by atoms with van der Waals surface area (Å²) in [7, 11) is 1.28. The molecule has 28 heavy (non-hydrogen) atoms. The molecule has 144 valence electrons. The predicted octanol–water partition coefficient (Wildman–Crippen LogP) is 4.63. The second-order valence-corrected chi connectivity index (χ2v) is 7.06. The highest BCUT2D eigenvalue weighted by Gasteiger charge is 2.35. The molecule has 0 saturated carbocycles. The standard InChI is InChI=1S/C18H12ClFN2O5S/c1-27-16-10(3-2-4-14(16)22(25)26)7-15-17(23)21(18(24)28-15)9-11-5-6-12(20)8-13(11)19/h2-8H,9H2,1H3/b15-7-. The maximum atomic E-state index is 13.2. The Bertz CT molecular complexity index is 1030. The summed E-state index contributed by atoms with van der Waals surface area (Å²) in [5.74, 6) is -1.12. The molecule has 1 fully saturated rings. The van der Waals surface area contributed by atoms with Crippen molar-refractivity contribution in [3.8, 4) is 5.75 Å². The van der Waals surface area contributed by atoms with Crippen molar-refractivity contribution in [1.82, 2.24) is 4.90 Å². The lowest BCUT2D eigenvalue weighted by Crippen LogP contribution is -2.27. The largest absolute Gasteiger partial charge is 0.490 e. The first-order valence-electron chi connectivity index (χ1n) is 7.82. The Morgan fingerprint density at radius 1 is 1.32 bits per heavy atom. The van der Waals surface area contributed by atoms with Gasteiger partial charge in [0.1, 0.15) is 5.82 Å². The van der Waals surface area contributed by atoms with Gasteiger partial charge in [-0.15, -0.1) is 0 Å². The van der Waals surface area contributed by atoms with Crippen molar-refractivity contribution in [2.45, 2.75) is 6.54 Å². The summed E-state index contributed by atoms with van der Waals surface area (Å²) in [6.07, 6.45) is 1.36. The number of methoxy groups -OCH3 is 1. The molecular formula is C18H12ClFN2O5S. The summed E-state index contributed by atoms with van der Waals surface area (Å²) >= 11 is 6.66. The molecule has 0 aliphatic carbocycles. The van der Waals surface area contributed by atoms with E-state index in [1.54, 1.807) is 0 Å². The molecule has 10 heteroatoms. The maximum Gasteiger partial charge on any atom is 0.311 e. The van der Waals surface area contributed by atoms with E-state index < -0.39 is 21.9 Å². The molecule has 1 aliphatic rings. The van der Waals surface area contributed by atoms with E-state index in [2.05, 4.69) is 0 Å². The molecule has 0 unspecified atom stereocenters. The van der Waals surface area contributed by atoms with Crippen molar-refractivity contribution in [1.29, 1.82) is 0 Å². The summed E-state index contributed by atoms with van der Waals surface area (Å²) in [6, 6.07) is 7.95. The van der Waals surface area contributed by atoms with E-state index in [-0.39, 0.29) is 27.9 Å². The second-order valence-electron chi connectivity index (χ2n) is 5.66. The van der Waals surface area contributed by atoms with E-state index in [0.717, 1.165) is 11.0 Å². The minimum absolute atomic E-state index is 0.0131. The van der Waals surface area contributed by atoms with Crippen LogP contribution in [0.1, 0.15) is 11.1 Å². The molecular weight excluding hydrogens is 411 g/mol. The highest BCUT2D eigenvalue weighted by atomic mass is 35.5. The number of hydrogen-bond donors (Lipinski definition) is 0. The van der Waals surface area contributed by atoms with Crippen LogP contribution in [0.5, 0.6) is 5.75 Å². The molecule has 0 bridgehead atoms. The van der Waals surface area contributed by atoms with E-state index in [1.807, 2.05) is 0 Å². The van der Waals surface area contributed by atoms with E-state index in [0.29, 0.717) is 22.9 Å². The Balaban J connectivity index is 1.91. The van der Waals surface area contributed by atoms with Gasteiger partial charge in [-0.3, -0.25) is 24.6 Å². The van der Waals surface area contributed by atoms with Crippen molar-refractivity contribution in [3.05, 3.63) is 73.4 Å².